The van der Waals surface area contributed by atoms with Gasteiger partial charge in [0.05, 0.1) is 38.5 Å². The van der Waals surface area contributed by atoms with E-state index in [-0.39, 0.29) is 0 Å². The van der Waals surface area contributed by atoms with Crippen molar-refractivity contribution in [2.75, 3.05) is 0 Å². The third-order valence-electron chi connectivity index (χ3n) is 4.52. The first kappa shape index (κ1) is 16.4. The van der Waals surface area contributed by atoms with Crippen molar-refractivity contribution in [3.05, 3.63) is 94.8 Å². The Morgan fingerprint density at radius 1 is 0.893 bits per heavy atom. The molecule has 0 atom stereocenters. The zero-order chi connectivity index (χ0) is 18.9. The molecule has 0 aliphatic rings. The number of aromatic nitrogens is 3. The lowest BCUT2D eigenvalue weighted by atomic mass is 10.1. The number of hydrogen-bond acceptors (Lipinski definition) is 4. The number of imidazole rings is 1. The minimum Gasteiger partial charge on any atom is -0.338 e. The molecule has 132 valence electrons. The van der Waals surface area contributed by atoms with Gasteiger partial charge >= 0.3 is 0 Å². The molecule has 2 aromatic heterocycles. The van der Waals surface area contributed by atoms with Gasteiger partial charge in [-0.2, -0.15) is 5.26 Å². The van der Waals surface area contributed by atoms with Gasteiger partial charge in [0.15, 0.2) is 0 Å². The van der Waals surface area contributed by atoms with Crippen LogP contribution in [0.25, 0.3) is 32.9 Å². The summed E-state index contributed by atoms with van der Waals surface area (Å²) in [7, 11) is 0. The fourth-order valence-electron chi connectivity index (χ4n) is 3.12. The first-order chi connectivity index (χ1) is 13.8. The molecule has 3 aromatic carbocycles. The van der Waals surface area contributed by atoms with E-state index in [1.54, 1.807) is 11.3 Å². The summed E-state index contributed by atoms with van der Waals surface area (Å²) in [6.07, 6.45) is 2.07. The number of nitriles is 1. The van der Waals surface area contributed by atoms with E-state index in [9.17, 15) is 0 Å². The molecular weight excluding hydrogens is 364 g/mol. The first-order valence-electron chi connectivity index (χ1n) is 8.83. The number of thiazole rings is 1. The van der Waals surface area contributed by atoms with Crippen molar-refractivity contribution < 1.29 is 0 Å². The maximum absolute atomic E-state index is 9.04. The minimum atomic E-state index is 0.641. The summed E-state index contributed by atoms with van der Waals surface area (Å²) >= 11 is 1.65. The molecule has 28 heavy (non-hydrogen) atoms. The van der Waals surface area contributed by atoms with E-state index >= 15 is 0 Å². The Hall–Kier alpha value is -3.75. The molecule has 0 fully saturated rings. The zero-order valence-electron chi connectivity index (χ0n) is 14.8. The van der Waals surface area contributed by atoms with Gasteiger partial charge in [0.1, 0.15) is 10.8 Å². The van der Waals surface area contributed by atoms with Crippen molar-refractivity contribution in [3.8, 4) is 6.07 Å². The average molecular weight is 378 g/mol. The predicted octanol–water partition coefficient (Wildman–Crippen LogP) is 5.63. The predicted molar refractivity (Wildman–Crippen MR) is 114 cm³/mol. The van der Waals surface area contributed by atoms with Gasteiger partial charge in [0.2, 0.25) is 0 Å². The van der Waals surface area contributed by atoms with Crippen molar-refractivity contribution in [1.29, 1.82) is 5.26 Å². The molecule has 0 saturated heterocycles. The van der Waals surface area contributed by atoms with Gasteiger partial charge in [-0.1, -0.05) is 36.4 Å². The number of para-hydroxylation sites is 3. The van der Waals surface area contributed by atoms with E-state index in [1.165, 1.54) is 0 Å². The topological polar surface area (TPSA) is 65.4 Å². The molecule has 0 unspecified atom stereocenters. The molecule has 0 amide bonds. The molecule has 4 nitrogen and oxygen atoms in total. The largest absolute Gasteiger partial charge is 0.338 e. The Bertz CT molecular complexity index is 1230. The highest BCUT2D eigenvalue weighted by Crippen LogP contribution is 2.32. The Morgan fingerprint density at radius 3 is 2.39 bits per heavy atom. The molecule has 5 rings (SSSR count). The molecule has 5 aromatic rings. The van der Waals surface area contributed by atoms with Gasteiger partial charge in [-0.25, -0.2) is 9.97 Å². The smallest absolute Gasteiger partial charge is 0.141 e. The molecule has 1 N–H and O–H groups in total. The molecule has 5 heteroatoms. The molecule has 0 aliphatic heterocycles. The molecule has 0 aliphatic carbocycles. The van der Waals surface area contributed by atoms with E-state index in [0.717, 1.165) is 43.2 Å². The Labute approximate surface area is 165 Å². The van der Waals surface area contributed by atoms with Gasteiger partial charge in [-0.05, 0) is 48.0 Å². The fourth-order valence-corrected chi connectivity index (χ4v) is 4.10. The molecule has 2 heterocycles. The summed E-state index contributed by atoms with van der Waals surface area (Å²) in [5.74, 6) is 0.782. The van der Waals surface area contributed by atoms with Gasteiger partial charge in [0.25, 0.3) is 0 Å². The van der Waals surface area contributed by atoms with E-state index in [4.69, 9.17) is 15.2 Å². The monoisotopic (exact) mass is 378 g/mol. The molecule has 0 spiro atoms. The average Bonchev–Trinajstić information content (AvgIpc) is 3.36. The van der Waals surface area contributed by atoms with Crippen LogP contribution in [-0.2, 0) is 0 Å². The highest BCUT2D eigenvalue weighted by atomic mass is 32.1. The Morgan fingerprint density at radius 2 is 1.64 bits per heavy atom. The second kappa shape index (κ2) is 6.76. The third-order valence-corrected chi connectivity index (χ3v) is 5.59. The lowest BCUT2D eigenvalue weighted by Crippen LogP contribution is -1.90. The van der Waals surface area contributed by atoms with E-state index in [2.05, 4.69) is 23.2 Å². The molecule has 0 radical (unpaired) electrons. The number of aromatic amines is 1. The van der Waals surface area contributed by atoms with Crippen molar-refractivity contribution in [2.24, 2.45) is 0 Å². The minimum absolute atomic E-state index is 0.641. The maximum Gasteiger partial charge on any atom is 0.141 e. The van der Waals surface area contributed by atoms with Gasteiger partial charge < -0.3 is 4.98 Å². The van der Waals surface area contributed by atoms with Crippen LogP contribution in [0.2, 0.25) is 0 Å². The van der Waals surface area contributed by atoms with Crippen LogP contribution < -0.4 is 0 Å². The fraction of sp³-hybridized carbons (Fsp3) is 0. The number of rotatable bonds is 3. The lowest BCUT2D eigenvalue weighted by molar-refractivity contribution is 1.25. The molecule has 0 bridgehead atoms. The summed E-state index contributed by atoms with van der Waals surface area (Å²) in [6, 6.07) is 25.8. The highest BCUT2D eigenvalue weighted by molar-refractivity contribution is 7.19. The summed E-state index contributed by atoms with van der Waals surface area (Å²) in [5, 5.41) is 9.95. The van der Waals surface area contributed by atoms with Crippen LogP contribution in [0.15, 0.2) is 72.8 Å². The van der Waals surface area contributed by atoms with E-state index in [1.807, 2.05) is 66.7 Å². The van der Waals surface area contributed by atoms with E-state index in [0.29, 0.717) is 5.56 Å². The summed E-state index contributed by atoms with van der Waals surface area (Å²) in [4.78, 5) is 13.0. The second-order valence-electron chi connectivity index (χ2n) is 6.38. The maximum atomic E-state index is 9.04. The van der Waals surface area contributed by atoms with Gasteiger partial charge in [-0.15, -0.1) is 11.3 Å². The number of nitrogens with one attached hydrogen (secondary N) is 1. The van der Waals surface area contributed by atoms with Crippen LogP contribution in [0.3, 0.4) is 0 Å². The summed E-state index contributed by atoms with van der Waals surface area (Å²) in [5.41, 5.74) is 5.45. The third kappa shape index (κ3) is 2.96. The van der Waals surface area contributed by atoms with Crippen molar-refractivity contribution in [3.63, 3.8) is 0 Å². The van der Waals surface area contributed by atoms with E-state index < -0.39 is 0 Å². The number of hydrogen-bond donors (Lipinski definition) is 1. The highest BCUT2D eigenvalue weighted by Gasteiger charge is 2.15. The molecular formula is C23H14N4S. The standard InChI is InChI=1S/C23H14N4S/c24-14-16-11-9-15(10-12-16)13-17(22-25-18-5-1-2-6-19(18)26-22)23-27-20-7-3-4-8-21(20)28-23/h1-13H,(H,25,26)/b17-13+. The van der Waals surface area contributed by atoms with Crippen LogP contribution in [-0.4, -0.2) is 15.0 Å². The van der Waals surface area contributed by atoms with Crippen molar-refractivity contribution >= 4 is 44.2 Å². The lowest BCUT2D eigenvalue weighted by Gasteiger charge is -2.02. The van der Waals surface area contributed by atoms with Gasteiger partial charge in [0, 0.05) is 0 Å². The van der Waals surface area contributed by atoms with Crippen LogP contribution in [0, 0.1) is 11.3 Å². The number of benzene rings is 3. The summed E-state index contributed by atoms with van der Waals surface area (Å²) in [6.45, 7) is 0. The Kier molecular flexibility index (Phi) is 3.97. The number of nitrogens with zero attached hydrogens (tertiary/aromatic N) is 3. The summed E-state index contributed by atoms with van der Waals surface area (Å²) < 4.78 is 1.14. The van der Waals surface area contributed by atoms with Crippen LogP contribution in [0.1, 0.15) is 22.0 Å². The Balaban J connectivity index is 1.70. The van der Waals surface area contributed by atoms with Crippen LogP contribution in [0.5, 0.6) is 0 Å². The normalized spacial score (nSPS) is 11.8. The first-order valence-corrected chi connectivity index (χ1v) is 9.65. The number of H-pyrrole nitrogens is 1. The van der Waals surface area contributed by atoms with Gasteiger partial charge in [-0.3, -0.25) is 0 Å². The SMILES string of the molecule is N#Cc1ccc(/C=C(\c2nc3ccccc3[nH]2)c2nc3ccccc3s2)cc1. The van der Waals surface area contributed by atoms with Crippen LogP contribution in [0.4, 0.5) is 0 Å². The number of fused-ring (bicyclic) bond motifs is 2. The second-order valence-corrected chi connectivity index (χ2v) is 7.41. The van der Waals surface area contributed by atoms with Crippen LogP contribution >= 0.6 is 11.3 Å². The zero-order valence-corrected chi connectivity index (χ0v) is 15.6. The van der Waals surface area contributed by atoms with Crippen molar-refractivity contribution in [1.82, 2.24) is 15.0 Å². The quantitative estimate of drug-likeness (QED) is 0.442. The molecule has 0 saturated carbocycles. The van der Waals surface area contributed by atoms with Crippen molar-refractivity contribution in [2.45, 2.75) is 0 Å².